The summed E-state index contributed by atoms with van der Waals surface area (Å²) in [6, 6.07) is 12.9. The van der Waals surface area contributed by atoms with Crippen LogP contribution in [0.4, 0.5) is 5.69 Å². The zero-order valence-corrected chi connectivity index (χ0v) is 23.4. The van der Waals surface area contributed by atoms with Crippen molar-refractivity contribution in [2.75, 3.05) is 51.2 Å². The highest BCUT2D eigenvalue weighted by Gasteiger charge is 2.35. The molecule has 3 rings (SSSR count). The Morgan fingerprint density at radius 1 is 1.08 bits per heavy atom. The largest absolute Gasteiger partial charge is 0.495 e. The molecule has 1 aliphatic heterocycles. The second-order valence-electron chi connectivity index (χ2n) is 10.1. The number of carbonyl (C=O) groups is 2. The van der Waals surface area contributed by atoms with E-state index in [4.69, 9.17) is 14.2 Å². The molecule has 11 heteroatoms. The number of carbonyl (C=O) groups excluding carboxylic acids is 2. The lowest BCUT2D eigenvalue weighted by molar-refractivity contribution is -0.161. The molecule has 0 aromatic heterocycles. The molecule has 0 amide bonds. The first-order valence-electron chi connectivity index (χ1n) is 12.4. The number of anilines is 1. The maximum Gasteiger partial charge on any atom is 0.338 e. The Morgan fingerprint density at radius 2 is 1.74 bits per heavy atom. The van der Waals surface area contributed by atoms with Crippen LogP contribution in [0, 0.1) is 0 Å². The van der Waals surface area contributed by atoms with Gasteiger partial charge in [0.05, 0.1) is 24.9 Å². The number of ether oxygens (including phenoxy) is 3. The Kier molecular flexibility index (Phi) is 10.3. The van der Waals surface area contributed by atoms with Gasteiger partial charge in [-0.1, -0.05) is 30.3 Å². The van der Waals surface area contributed by atoms with E-state index in [0.717, 1.165) is 23.0 Å². The van der Waals surface area contributed by atoms with Crippen LogP contribution in [0.3, 0.4) is 0 Å². The molecule has 1 N–H and O–H groups in total. The summed E-state index contributed by atoms with van der Waals surface area (Å²) in [5.41, 5.74) is 0.469. The summed E-state index contributed by atoms with van der Waals surface area (Å²) in [7, 11) is 3.43. The number of nitrogens with zero attached hydrogens (tertiary/aromatic N) is 3. The van der Waals surface area contributed by atoms with Crippen molar-refractivity contribution in [1.29, 1.82) is 0 Å². The summed E-state index contributed by atoms with van der Waals surface area (Å²) >= 11 is -2.54. The maximum absolute atomic E-state index is 13.3. The van der Waals surface area contributed by atoms with Crippen LogP contribution < -0.4 is 9.04 Å². The van der Waals surface area contributed by atoms with Crippen LogP contribution in [0.1, 0.15) is 36.7 Å². The second kappa shape index (κ2) is 13.2. The van der Waals surface area contributed by atoms with E-state index < -0.39 is 34.8 Å². The molecule has 0 radical (unpaired) electrons. The molecular formula is C27H37N3O7S. The molecule has 2 aromatic rings. The fourth-order valence-corrected chi connectivity index (χ4v) is 4.64. The molecule has 0 aliphatic carbocycles. The van der Waals surface area contributed by atoms with E-state index in [0.29, 0.717) is 13.1 Å². The number of likely N-dealkylation sites (N-methyl/N-ethyl adjacent to an activating group) is 1. The summed E-state index contributed by atoms with van der Waals surface area (Å²) in [6.07, 6.45) is 0. The fourth-order valence-electron chi connectivity index (χ4n) is 4.06. The Bertz CT molecular complexity index is 1120. The third kappa shape index (κ3) is 8.26. The van der Waals surface area contributed by atoms with E-state index in [2.05, 4.69) is 4.90 Å². The minimum absolute atomic E-state index is 0.0841. The van der Waals surface area contributed by atoms with Crippen LogP contribution in [-0.4, -0.2) is 89.0 Å². The van der Waals surface area contributed by atoms with Crippen LogP contribution in [0.15, 0.2) is 48.5 Å². The number of methoxy groups -OCH3 is 1. The molecule has 1 saturated heterocycles. The lowest BCUT2D eigenvalue weighted by atomic mass is 10.1. The molecular weight excluding hydrogens is 510 g/mol. The van der Waals surface area contributed by atoms with Crippen molar-refractivity contribution < 1.29 is 32.6 Å². The van der Waals surface area contributed by atoms with Crippen LogP contribution in [0.2, 0.25) is 0 Å². The molecule has 2 unspecified atom stereocenters. The lowest BCUT2D eigenvalue weighted by Gasteiger charge is -2.39. The van der Waals surface area contributed by atoms with Gasteiger partial charge in [-0.05, 0) is 51.6 Å². The van der Waals surface area contributed by atoms with E-state index in [9.17, 15) is 18.4 Å². The molecule has 1 fully saturated rings. The predicted octanol–water partition coefficient (Wildman–Crippen LogP) is 2.95. The Hall–Kier alpha value is -2.99. The number of piperazine rings is 1. The van der Waals surface area contributed by atoms with Gasteiger partial charge in [-0.15, -0.1) is 0 Å². The molecule has 1 heterocycles. The van der Waals surface area contributed by atoms with Crippen LogP contribution in [-0.2, 0) is 32.1 Å². The van der Waals surface area contributed by atoms with E-state index in [-0.39, 0.29) is 30.2 Å². The smallest absolute Gasteiger partial charge is 0.338 e. The Balaban J connectivity index is 1.89. The predicted molar refractivity (Wildman–Crippen MR) is 145 cm³/mol. The topological polar surface area (TPSA) is 109 Å². The molecule has 10 nitrogen and oxygen atoms in total. The number of hydrogen-bond donors (Lipinski definition) is 1. The highest BCUT2D eigenvalue weighted by Crippen LogP contribution is 2.31. The molecule has 2 atom stereocenters. The van der Waals surface area contributed by atoms with Gasteiger partial charge in [0.15, 0.2) is 0 Å². The zero-order valence-electron chi connectivity index (χ0n) is 22.6. The maximum atomic E-state index is 13.3. The first-order valence-corrected chi connectivity index (χ1v) is 13.5. The minimum atomic E-state index is -2.54. The van der Waals surface area contributed by atoms with Gasteiger partial charge in [0.25, 0.3) is 11.3 Å². The van der Waals surface area contributed by atoms with Crippen LogP contribution >= 0.6 is 0 Å². The summed E-state index contributed by atoms with van der Waals surface area (Å²) in [6.45, 7) is 7.94. The van der Waals surface area contributed by atoms with Gasteiger partial charge in [0.1, 0.15) is 24.0 Å². The van der Waals surface area contributed by atoms with Gasteiger partial charge in [-0.3, -0.25) is 18.6 Å². The first-order chi connectivity index (χ1) is 18.0. The van der Waals surface area contributed by atoms with Gasteiger partial charge >= 0.3 is 11.9 Å². The molecule has 0 bridgehead atoms. The number of benzene rings is 2. The second-order valence-corrected chi connectivity index (χ2v) is 11.0. The minimum Gasteiger partial charge on any atom is -0.495 e. The summed E-state index contributed by atoms with van der Waals surface area (Å²) in [5, 5.41) is 0. The third-order valence-corrected chi connectivity index (χ3v) is 6.80. The van der Waals surface area contributed by atoms with Crippen molar-refractivity contribution in [2.24, 2.45) is 0 Å². The normalized spacial score (nSPS) is 16.4. The SMILES string of the molecule is COc1ccc(C(=O)OCc2ccccc2)cc1N(CC(C(=O)OC(C)(C)C)N1CCN(C)CC1)S(=O)O. The molecule has 0 saturated carbocycles. The van der Waals surface area contributed by atoms with E-state index in [1.54, 1.807) is 20.8 Å². The average molecular weight is 548 g/mol. The molecule has 38 heavy (non-hydrogen) atoms. The van der Waals surface area contributed by atoms with Crippen molar-refractivity contribution in [3.05, 3.63) is 59.7 Å². The van der Waals surface area contributed by atoms with Gasteiger partial charge in [-0.2, -0.15) is 0 Å². The average Bonchev–Trinajstić information content (AvgIpc) is 2.87. The van der Waals surface area contributed by atoms with Crippen molar-refractivity contribution in [1.82, 2.24) is 9.80 Å². The fraction of sp³-hybridized carbons (Fsp3) is 0.481. The van der Waals surface area contributed by atoms with Crippen molar-refractivity contribution in [3.8, 4) is 5.75 Å². The van der Waals surface area contributed by atoms with Gasteiger partial charge < -0.3 is 19.1 Å². The van der Waals surface area contributed by atoms with Crippen LogP contribution in [0.25, 0.3) is 0 Å². The van der Waals surface area contributed by atoms with E-state index >= 15 is 0 Å². The first kappa shape index (κ1) is 29.6. The summed E-state index contributed by atoms with van der Waals surface area (Å²) in [5.74, 6) is -0.813. The number of rotatable bonds is 10. The molecule has 208 valence electrons. The monoisotopic (exact) mass is 547 g/mol. The van der Waals surface area contributed by atoms with Crippen molar-refractivity contribution >= 4 is 28.9 Å². The molecule has 2 aromatic carbocycles. The highest BCUT2D eigenvalue weighted by molar-refractivity contribution is 7.80. The number of hydrogen-bond acceptors (Lipinski definition) is 8. The summed E-state index contributed by atoms with van der Waals surface area (Å²) in [4.78, 5) is 30.2. The van der Waals surface area contributed by atoms with E-state index in [1.807, 2.05) is 42.3 Å². The molecule has 0 spiro atoms. The molecule has 1 aliphatic rings. The lowest BCUT2D eigenvalue weighted by Crippen LogP contribution is -2.56. The quantitative estimate of drug-likeness (QED) is 0.355. The van der Waals surface area contributed by atoms with Crippen molar-refractivity contribution in [3.63, 3.8) is 0 Å². The Morgan fingerprint density at radius 3 is 2.32 bits per heavy atom. The van der Waals surface area contributed by atoms with Crippen molar-refractivity contribution in [2.45, 2.75) is 39.0 Å². The van der Waals surface area contributed by atoms with Gasteiger partial charge in [0, 0.05) is 26.2 Å². The van der Waals surface area contributed by atoms with Crippen LogP contribution in [0.5, 0.6) is 5.75 Å². The van der Waals surface area contributed by atoms with Gasteiger partial charge in [-0.25, -0.2) is 9.00 Å². The van der Waals surface area contributed by atoms with Gasteiger partial charge in [0.2, 0.25) is 0 Å². The third-order valence-electron chi connectivity index (χ3n) is 6.08. The number of esters is 2. The van der Waals surface area contributed by atoms with E-state index in [1.165, 1.54) is 25.3 Å². The Labute approximate surface area is 226 Å². The summed E-state index contributed by atoms with van der Waals surface area (Å²) < 4.78 is 40.6. The zero-order chi connectivity index (χ0) is 27.9. The highest BCUT2D eigenvalue weighted by atomic mass is 32.2. The standard InChI is InChI=1S/C27H37N3O7S/c1-27(2,3)37-26(32)23(29-15-13-28(4)14-16-29)18-30(38(33)34)22-17-21(11-12-24(22)35-5)25(31)36-19-20-9-7-6-8-10-20/h6-12,17,23H,13-16,18-19H2,1-5H3,(H,33,34).